The van der Waals surface area contributed by atoms with E-state index in [0.29, 0.717) is 5.75 Å². The molecule has 218 valence electrons. The molecule has 0 aliphatic rings. The van der Waals surface area contributed by atoms with Crippen LogP contribution in [0.25, 0.3) is 0 Å². The molecule has 1 rings (SSSR count). The summed E-state index contributed by atoms with van der Waals surface area (Å²) in [5, 5.41) is 2.84. The number of hydrogen-bond donors (Lipinski definition) is 2. The SMILES string of the molecule is CC(C)=CCCSC[C@H](C)C(=O)Nc1ccccc1C(=O)C(CC(N)C(=O)OC(C)(C)C)C(=O)OC(C)(C)C. The third-order valence-electron chi connectivity index (χ3n) is 5.29. The molecule has 0 heterocycles. The number of benzene rings is 1. The van der Waals surface area contributed by atoms with E-state index in [1.165, 1.54) is 11.6 Å². The van der Waals surface area contributed by atoms with Crippen LogP contribution in [-0.4, -0.2) is 52.4 Å². The molecule has 3 atom stereocenters. The summed E-state index contributed by atoms with van der Waals surface area (Å²) in [5.74, 6) is -2.47. The van der Waals surface area contributed by atoms with E-state index in [9.17, 15) is 19.2 Å². The molecule has 0 radical (unpaired) electrons. The van der Waals surface area contributed by atoms with Gasteiger partial charge >= 0.3 is 11.9 Å². The number of thioether (sulfide) groups is 1. The van der Waals surface area contributed by atoms with Crippen LogP contribution < -0.4 is 11.1 Å². The summed E-state index contributed by atoms with van der Waals surface area (Å²) in [4.78, 5) is 52.3. The van der Waals surface area contributed by atoms with E-state index in [4.69, 9.17) is 15.2 Å². The number of hydrogen-bond acceptors (Lipinski definition) is 8. The van der Waals surface area contributed by atoms with Crippen molar-refractivity contribution >= 4 is 41.1 Å². The minimum absolute atomic E-state index is 0.140. The minimum Gasteiger partial charge on any atom is -0.459 e. The lowest BCUT2D eigenvalue weighted by Gasteiger charge is -2.26. The van der Waals surface area contributed by atoms with Gasteiger partial charge in [0.1, 0.15) is 23.2 Å². The van der Waals surface area contributed by atoms with E-state index in [1.807, 2.05) is 6.92 Å². The Hall–Kier alpha value is -2.65. The van der Waals surface area contributed by atoms with Crippen LogP contribution in [0.15, 0.2) is 35.9 Å². The monoisotopic (exact) mass is 562 g/mol. The molecule has 0 aliphatic heterocycles. The van der Waals surface area contributed by atoms with E-state index in [0.717, 1.165) is 12.2 Å². The quantitative estimate of drug-likeness (QED) is 0.105. The predicted octanol–water partition coefficient (Wildman–Crippen LogP) is 5.55. The number of nitrogens with two attached hydrogens (primary N) is 1. The van der Waals surface area contributed by atoms with Gasteiger partial charge in [-0.1, -0.05) is 30.7 Å². The summed E-state index contributed by atoms with van der Waals surface area (Å²) < 4.78 is 10.8. The normalized spacial score (nSPS) is 14.0. The second-order valence-electron chi connectivity index (χ2n) is 11.9. The van der Waals surface area contributed by atoms with Gasteiger partial charge in [-0.15, -0.1) is 0 Å². The first-order valence-corrected chi connectivity index (χ1v) is 14.4. The standard InChI is InChI=1S/C30H46N2O6S/c1-19(2)13-12-16-39-18-20(3)26(34)32-24-15-11-10-14-21(24)25(33)22(27(35)37-29(4,5)6)17-23(31)28(36)38-30(7,8)9/h10-11,13-15,20,22-23H,12,16-18,31H2,1-9H3,(H,32,34)/t20-,22?,23?/m0/s1. The van der Waals surface area contributed by atoms with Crippen LogP contribution in [0.2, 0.25) is 0 Å². The molecular weight excluding hydrogens is 516 g/mol. The van der Waals surface area contributed by atoms with Crippen molar-refractivity contribution in [3.8, 4) is 0 Å². The van der Waals surface area contributed by atoms with Crippen LogP contribution in [0.4, 0.5) is 5.69 Å². The zero-order valence-electron chi connectivity index (χ0n) is 24.9. The Morgan fingerprint density at radius 3 is 2.10 bits per heavy atom. The number of allylic oxidation sites excluding steroid dienone is 2. The van der Waals surface area contributed by atoms with Crippen LogP contribution in [0.1, 0.15) is 85.5 Å². The van der Waals surface area contributed by atoms with Crippen molar-refractivity contribution in [2.45, 2.75) is 92.4 Å². The lowest BCUT2D eigenvalue weighted by Crippen LogP contribution is -2.42. The van der Waals surface area contributed by atoms with Crippen LogP contribution in [-0.2, 0) is 23.9 Å². The third-order valence-corrected chi connectivity index (χ3v) is 6.55. The number of carbonyl (C=O) groups excluding carboxylic acids is 4. The predicted molar refractivity (Wildman–Crippen MR) is 158 cm³/mol. The number of nitrogens with one attached hydrogen (secondary N) is 1. The van der Waals surface area contributed by atoms with Gasteiger partial charge in [0.15, 0.2) is 5.78 Å². The second-order valence-corrected chi connectivity index (χ2v) is 13.1. The lowest BCUT2D eigenvalue weighted by molar-refractivity contribution is -0.160. The number of Topliss-reactive ketones (excluding diaryl/α,β-unsaturated/α-hetero) is 1. The molecule has 0 saturated heterocycles. The number of carbonyl (C=O) groups is 4. The molecule has 0 spiro atoms. The van der Waals surface area contributed by atoms with E-state index in [2.05, 4.69) is 25.2 Å². The minimum atomic E-state index is -1.37. The first-order valence-electron chi connectivity index (χ1n) is 13.3. The Morgan fingerprint density at radius 2 is 1.54 bits per heavy atom. The van der Waals surface area contributed by atoms with Crippen molar-refractivity contribution in [1.82, 2.24) is 0 Å². The highest BCUT2D eigenvalue weighted by Gasteiger charge is 2.37. The summed E-state index contributed by atoms with van der Waals surface area (Å²) in [6.07, 6.45) is 2.80. The average Bonchev–Trinajstić information content (AvgIpc) is 2.79. The highest BCUT2D eigenvalue weighted by atomic mass is 32.2. The average molecular weight is 563 g/mol. The maximum Gasteiger partial charge on any atom is 0.323 e. The van der Waals surface area contributed by atoms with Gasteiger partial charge in [0.05, 0.1) is 5.69 Å². The van der Waals surface area contributed by atoms with Crippen molar-refractivity contribution in [3.63, 3.8) is 0 Å². The summed E-state index contributed by atoms with van der Waals surface area (Å²) in [6, 6.07) is 5.26. The molecule has 1 amide bonds. The fraction of sp³-hybridized carbons (Fsp3) is 0.600. The van der Waals surface area contributed by atoms with Crippen LogP contribution in [0.3, 0.4) is 0 Å². The number of ketones is 1. The Bertz CT molecular complexity index is 1030. The lowest BCUT2D eigenvalue weighted by atomic mass is 9.90. The van der Waals surface area contributed by atoms with Crippen molar-refractivity contribution < 1.29 is 28.7 Å². The molecule has 8 nitrogen and oxygen atoms in total. The molecule has 1 aromatic carbocycles. The Kier molecular flexibility index (Phi) is 13.4. The van der Waals surface area contributed by atoms with Crippen molar-refractivity contribution in [2.24, 2.45) is 17.6 Å². The summed E-state index contributed by atoms with van der Waals surface area (Å²) in [7, 11) is 0. The molecular formula is C30H46N2O6S. The first kappa shape index (κ1) is 34.4. The number of esters is 2. The second kappa shape index (κ2) is 15.2. The van der Waals surface area contributed by atoms with Crippen molar-refractivity contribution in [1.29, 1.82) is 0 Å². The molecule has 2 unspecified atom stereocenters. The third kappa shape index (κ3) is 13.3. The highest BCUT2D eigenvalue weighted by molar-refractivity contribution is 7.99. The maximum atomic E-state index is 13.7. The van der Waals surface area contributed by atoms with Gasteiger partial charge in [-0.25, -0.2) is 0 Å². The molecule has 39 heavy (non-hydrogen) atoms. The smallest absolute Gasteiger partial charge is 0.323 e. The summed E-state index contributed by atoms with van der Waals surface area (Å²) in [5.41, 5.74) is 6.12. The molecule has 0 aromatic heterocycles. The molecule has 0 fully saturated rings. The number of anilines is 1. The van der Waals surface area contributed by atoms with Gasteiger partial charge in [0.2, 0.25) is 5.91 Å². The fourth-order valence-electron chi connectivity index (χ4n) is 3.43. The molecule has 3 N–H and O–H groups in total. The number of ether oxygens (including phenoxy) is 2. The number of amides is 1. The Balaban J connectivity index is 3.12. The topological polar surface area (TPSA) is 125 Å². The summed E-state index contributed by atoms with van der Waals surface area (Å²) >= 11 is 1.69. The Labute approximate surface area is 237 Å². The molecule has 1 aromatic rings. The molecule has 9 heteroatoms. The first-order chi connectivity index (χ1) is 17.9. The Morgan fingerprint density at radius 1 is 0.974 bits per heavy atom. The van der Waals surface area contributed by atoms with E-state index in [1.54, 1.807) is 71.5 Å². The summed E-state index contributed by atoms with van der Waals surface area (Å²) in [6.45, 7) is 16.1. The van der Waals surface area contributed by atoms with Gasteiger partial charge in [-0.05, 0) is 86.1 Å². The molecule has 0 saturated carbocycles. The van der Waals surface area contributed by atoms with Crippen molar-refractivity contribution in [3.05, 3.63) is 41.5 Å². The van der Waals surface area contributed by atoms with Gasteiger partial charge in [0.25, 0.3) is 0 Å². The van der Waals surface area contributed by atoms with E-state index >= 15 is 0 Å². The van der Waals surface area contributed by atoms with Crippen LogP contribution >= 0.6 is 11.8 Å². The number of rotatable bonds is 13. The van der Waals surface area contributed by atoms with Crippen molar-refractivity contribution in [2.75, 3.05) is 16.8 Å². The maximum absolute atomic E-state index is 13.7. The zero-order chi connectivity index (χ0) is 30.0. The van der Waals surface area contributed by atoms with Crippen LogP contribution in [0, 0.1) is 11.8 Å². The van der Waals surface area contributed by atoms with Crippen LogP contribution in [0.5, 0.6) is 0 Å². The number of para-hydroxylation sites is 1. The largest absolute Gasteiger partial charge is 0.459 e. The van der Waals surface area contributed by atoms with Gasteiger partial charge in [-0.2, -0.15) is 11.8 Å². The molecule has 0 aliphatic carbocycles. The van der Waals surface area contributed by atoms with E-state index < -0.39 is 40.9 Å². The zero-order valence-corrected chi connectivity index (χ0v) is 25.7. The molecule has 0 bridgehead atoms. The highest BCUT2D eigenvalue weighted by Crippen LogP contribution is 2.26. The van der Waals surface area contributed by atoms with Gasteiger partial charge in [-0.3, -0.25) is 19.2 Å². The van der Waals surface area contributed by atoms with Gasteiger partial charge < -0.3 is 20.5 Å². The van der Waals surface area contributed by atoms with E-state index in [-0.39, 0.29) is 29.5 Å². The fourth-order valence-corrected chi connectivity index (χ4v) is 4.38. The van der Waals surface area contributed by atoms with Gasteiger partial charge in [0, 0.05) is 17.2 Å².